The van der Waals surface area contributed by atoms with E-state index in [9.17, 15) is 13.2 Å². The number of carbonyl (C=O) groups excluding carboxylic acids is 1. The highest BCUT2D eigenvalue weighted by molar-refractivity contribution is 7.92. The molecule has 2 rings (SSSR count). The van der Waals surface area contributed by atoms with Gasteiger partial charge in [-0.3, -0.25) is 9.52 Å². The summed E-state index contributed by atoms with van der Waals surface area (Å²) in [6.45, 7) is 0. The molecule has 0 bridgehead atoms. The smallest absolute Gasteiger partial charge is 0.277 e. The number of nitrogens with zero attached hydrogens (tertiary/aromatic N) is 2. The van der Waals surface area contributed by atoms with Gasteiger partial charge in [-0.25, -0.2) is 8.42 Å². The lowest BCUT2D eigenvalue weighted by atomic mass is 10.3. The third-order valence-electron chi connectivity index (χ3n) is 2.07. The minimum atomic E-state index is -3.36. The van der Waals surface area contributed by atoms with Crippen molar-refractivity contribution in [3.63, 3.8) is 0 Å². The molecule has 1 amide bonds. The fourth-order valence-corrected chi connectivity index (χ4v) is 1.94. The highest BCUT2D eigenvalue weighted by Gasteiger charge is 2.09. The summed E-state index contributed by atoms with van der Waals surface area (Å²) in [7, 11) is -3.36. The van der Waals surface area contributed by atoms with Gasteiger partial charge in [0, 0.05) is 5.69 Å². The van der Waals surface area contributed by atoms with Gasteiger partial charge in [-0.1, -0.05) is 6.07 Å². The maximum atomic E-state index is 11.7. The van der Waals surface area contributed by atoms with Crippen LogP contribution in [0, 0.1) is 0 Å². The highest BCUT2D eigenvalue weighted by Crippen LogP contribution is 2.16. The summed E-state index contributed by atoms with van der Waals surface area (Å²) in [6, 6.07) is 6.32. The lowest BCUT2D eigenvalue weighted by Gasteiger charge is -2.07. The zero-order valence-electron chi connectivity index (χ0n) is 9.91. The molecule has 0 atom stereocenters. The molecule has 19 heavy (non-hydrogen) atoms. The quantitative estimate of drug-likeness (QED) is 0.751. The van der Waals surface area contributed by atoms with Crippen molar-refractivity contribution in [2.45, 2.75) is 0 Å². The predicted octanol–water partition coefficient (Wildman–Crippen LogP) is 0.428. The van der Waals surface area contributed by atoms with Crippen molar-refractivity contribution < 1.29 is 13.2 Å². The Hall–Kier alpha value is -2.42. The molecule has 0 aliphatic heterocycles. The number of aromatic nitrogens is 3. The average Bonchev–Trinajstić information content (AvgIpc) is 2.80. The van der Waals surface area contributed by atoms with Crippen LogP contribution >= 0.6 is 0 Å². The summed E-state index contributed by atoms with van der Waals surface area (Å²) in [5, 5.41) is 12.1. The third kappa shape index (κ3) is 3.78. The summed E-state index contributed by atoms with van der Waals surface area (Å²) < 4.78 is 24.5. The van der Waals surface area contributed by atoms with Gasteiger partial charge < -0.3 is 5.32 Å². The van der Waals surface area contributed by atoms with Gasteiger partial charge in [0.05, 0.1) is 18.1 Å². The molecule has 0 saturated heterocycles. The van der Waals surface area contributed by atoms with E-state index in [1.807, 2.05) is 0 Å². The number of benzene rings is 1. The topological polar surface area (TPSA) is 117 Å². The summed E-state index contributed by atoms with van der Waals surface area (Å²) in [4.78, 5) is 11.7. The number of hydrogen-bond acceptors (Lipinski definition) is 5. The Kier molecular flexibility index (Phi) is 3.47. The summed E-state index contributed by atoms with van der Waals surface area (Å²) in [6.07, 6.45) is 2.33. The molecule has 8 nitrogen and oxygen atoms in total. The van der Waals surface area contributed by atoms with E-state index in [2.05, 4.69) is 25.4 Å². The summed E-state index contributed by atoms with van der Waals surface area (Å²) in [5.41, 5.74) is 0.948. The van der Waals surface area contributed by atoms with Crippen molar-refractivity contribution in [3.05, 3.63) is 36.2 Å². The van der Waals surface area contributed by atoms with Crippen LogP contribution in [-0.4, -0.2) is 36.0 Å². The number of rotatable bonds is 4. The number of H-pyrrole nitrogens is 1. The molecule has 1 aromatic heterocycles. The minimum Gasteiger partial charge on any atom is -0.320 e. The van der Waals surface area contributed by atoms with E-state index in [0.29, 0.717) is 11.4 Å². The summed E-state index contributed by atoms with van der Waals surface area (Å²) in [5.74, 6) is -0.440. The number of sulfonamides is 1. The van der Waals surface area contributed by atoms with Crippen LogP contribution in [0.15, 0.2) is 30.5 Å². The SMILES string of the molecule is CS(=O)(=O)Nc1cccc(NC(=O)c2cn[nH]n2)c1. The van der Waals surface area contributed by atoms with Crippen LogP contribution < -0.4 is 10.0 Å². The number of hydrogen-bond donors (Lipinski definition) is 3. The second kappa shape index (κ2) is 5.06. The Morgan fingerprint density at radius 3 is 2.68 bits per heavy atom. The molecule has 2 aromatic rings. The second-order valence-electron chi connectivity index (χ2n) is 3.76. The fourth-order valence-electron chi connectivity index (χ4n) is 1.38. The van der Waals surface area contributed by atoms with Gasteiger partial charge in [-0.05, 0) is 18.2 Å². The maximum absolute atomic E-state index is 11.7. The van der Waals surface area contributed by atoms with E-state index < -0.39 is 15.9 Å². The Balaban J connectivity index is 2.13. The standard InChI is InChI=1S/C10H11N5O3S/c1-19(17,18)14-8-4-2-3-7(5-8)12-10(16)9-6-11-15-13-9/h2-6,14H,1H3,(H,12,16)(H,11,13,15). The van der Waals surface area contributed by atoms with Crippen LogP contribution in [0.1, 0.15) is 10.5 Å². The normalized spacial score (nSPS) is 11.0. The van der Waals surface area contributed by atoms with Crippen molar-refractivity contribution in [2.75, 3.05) is 16.3 Å². The molecule has 1 aromatic carbocycles. The fraction of sp³-hybridized carbons (Fsp3) is 0.100. The van der Waals surface area contributed by atoms with Gasteiger partial charge in [0.15, 0.2) is 5.69 Å². The first-order chi connectivity index (χ1) is 8.94. The molecule has 3 N–H and O–H groups in total. The lowest BCUT2D eigenvalue weighted by Crippen LogP contribution is -2.13. The average molecular weight is 281 g/mol. The lowest BCUT2D eigenvalue weighted by molar-refractivity contribution is 0.102. The van der Waals surface area contributed by atoms with Crippen LogP contribution in [0.2, 0.25) is 0 Å². The monoisotopic (exact) mass is 281 g/mol. The Morgan fingerprint density at radius 2 is 2.05 bits per heavy atom. The summed E-state index contributed by atoms with van der Waals surface area (Å²) >= 11 is 0. The molecule has 0 fully saturated rings. The van der Waals surface area contributed by atoms with Crippen molar-refractivity contribution in [3.8, 4) is 0 Å². The Labute approximate surface area is 109 Å². The molecule has 9 heteroatoms. The number of nitrogens with one attached hydrogen (secondary N) is 3. The molecule has 0 aliphatic rings. The number of aromatic amines is 1. The van der Waals surface area contributed by atoms with Crippen molar-refractivity contribution >= 4 is 27.3 Å². The zero-order valence-corrected chi connectivity index (χ0v) is 10.7. The number of amides is 1. The van der Waals surface area contributed by atoms with Crippen molar-refractivity contribution in [1.82, 2.24) is 15.4 Å². The van der Waals surface area contributed by atoms with E-state index in [-0.39, 0.29) is 5.69 Å². The second-order valence-corrected chi connectivity index (χ2v) is 5.51. The van der Waals surface area contributed by atoms with Gasteiger partial charge in [-0.2, -0.15) is 15.4 Å². The highest BCUT2D eigenvalue weighted by atomic mass is 32.2. The molecule has 1 heterocycles. The molecule has 0 saturated carbocycles. The molecular weight excluding hydrogens is 270 g/mol. The first kappa shape index (κ1) is 13.0. The largest absolute Gasteiger partial charge is 0.320 e. The van der Waals surface area contributed by atoms with Crippen LogP contribution in [0.3, 0.4) is 0 Å². The van der Waals surface area contributed by atoms with Gasteiger partial charge in [0.1, 0.15) is 0 Å². The number of anilines is 2. The van der Waals surface area contributed by atoms with Crippen LogP contribution in [0.5, 0.6) is 0 Å². The van der Waals surface area contributed by atoms with Crippen LogP contribution in [0.4, 0.5) is 11.4 Å². The molecule has 0 spiro atoms. The molecular formula is C10H11N5O3S. The van der Waals surface area contributed by atoms with Gasteiger partial charge >= 0.3 is 0 Å². The van der Waals surface area contributed by atoms with Gasteiger partial charge in [0.2, 0.25) is 10.0 Å². The van der Waals surface area contributed by atoms with Crippen molar-refractivity contribution in [1.29, 1.82) is 0 Å². The number of carbonyl (C=O) groups is 1. The van der Waals surface area contributed by atoms with Gasteiger partial charge in [-0.15, -0.1) is 0 Å². The van der Waals surface area contributed by atoms with Crippen LogP contribution in [-0.2, 0) is 10.0 Å². The van der Waals surface area contributed by atoms with Crippen molar-refractivity contribution in [2.24, 2.45) is 0 Å². The molecule has 0 aliphatic carbocycles. The third-order valence-corrected chi connectivity index (χ3v) is 2.68. The van der Waals surface area contributed by atoms with E-state index in [1.54, 1.807) is 18.2 Å². The molecule has 100 valence electrons. The molecule has 0 unspecified atom stereocenters. The first-order valence-electron chi connectivity index (χ1n) is 5.19. The zero-order chi connectivity index (χ0) is 13.9. The predicted molar refractivity (Wildman–Crippen MR) is 69.2 cm³/mol. The first-order valence-corrected chi connectivity index (χ1v) is 7.08. The van der Waals surface area contributed by atoms with Crippen LogP contribution in [0.25, 0.3) is 0 Å². The van der Waals surface area contributed by atoms with E-state index >= 15 is 0 Å². The minimum absolute atomic E-state index is 0.140. The van der Waals surface area contributed by atoms with E-state index in [4.69, 9.17) is 0 Å². The Morgan fingerprint density at radius 1 is 1.32 bits per heavy atom. The van der Waals surface area contributed by atoms with E-state index in [0.717, 1.165) is 6.26 Å². The molecule has 0 radical (unpaired) electrons. The maximum Gasteiger partial charge on any atom is 0.277 e. The van der Waals surface area contributed by atoms with E-state index in [1.165, 1.54) is 12.3 Å². The Bertz CT molecular complexity index is 681. The van der Waals surface area contributed by atoms with Gasteiger partial charge in [0.25, 0.3) is 5.91 Å².